The van der Waals surface area contributed by atoms with Crippen LogP contribution in [0.4, 0.5) is 9.52 Å². The maximum atomic E-state index is 13.3. The molecule has 1 N–H and O–H groups in total. The van der Waals surface area contributed by atoms with Gasteiger partial charge in [-0.2, -0.15) is 4.39 Å². The van der Waals surface area contributed by atoms with Gasteiger partial charge in [0, 0.05) is 30.5 Å². The molecule has 4 aromatic rings. The summed E-state index contributed by atoms with van der Waals surface area (Å²) in [4.78, 5) is 25.2. The molecule has 8 heteroatoms. The summed E-state index contributed by atoms with van der Waals surface area (Å²) >= 11 is 1.35. The maximum absolute atomic E-state index is 13.3. The predicted octanol–water partition coefficient (Wildman–Crippen LogP) is 5.47. The molecule has 162 valence electrons. The standard InChI is InChI=1S/C24H22FN5OS/c1-16(2)18-5-6-19(27-13-18)7-8-20-15-32-24(28-20)29-23(31)21-4-3-11-30(21)14-17-9-10-26-22(25)12-17/h3-13,15-16H,14H2,1-2H3,(H,28,29,31)/b8-7+. The SMILES string of the molecule is CC(C)c1ccc(/C=C/c2csc(NC(=O)c3cccn3Cc3ccnc(F)c3)n2)nc1. The second kappa shape index (κ2) is 9.65. The minimum Gasteiger partial charge on any atom is -0.339 e. The summed E-state index contributed by atoms with van der Waals surface area (Å²) < 4.78 is 15.1. The summed E-state index contributed by atoms with van der Waals surface area (Å²) in [6, 6.07) is 10.6. The zero-order valence-corrected chi connectivity index (χ0v) is 18.5. The van der Waals surface area contributed by atoms with E-state index in [9.17, 15) is 9.18 Å². The van der Waals surface area contributed by atoms with E-state index in [1.807, 2.05) is 29.8 Å². The van der Waals surface area contributed by atoms with Crippen molar-refractivity contribution in [1.82, 2.24) is 19.5 Å². The summed E-state index contributed by atoms with van der Waals surface area (Å²) in [5.74, 6) is -0.382. The fraction of sp³-hybridized carbons (Fsp3) is 0.167. The number of anilines is 1. The number of halogens is 1. The molecule has 0 aliphatic carbocycles. The van der Waals surface area contributed by atoms with Crippen LogP contribution in [0.3, 0.4) is 0 Å². The zero-order valence-electron chi connectivity index (χ0n) is 17.7. The Morgan fingerprint density at radius 2 is 2.03 bits per heavy atom. The van der Waals surface area contributed by atoms with Crippen molar-refractivity contribution in [1.29, 1.82) is 0 Å². The van der Waals surface area contributed by atoms with Gasteiger partial charge in [0.2, 0.25) is 5.95 Å². The van der Waals surface area contributed by atoms with E-state index in [1.165, 1.54) is 29.2 Å². The molecule has 4 heterocycles. The largest absolute Gasteiger partial charge is 0.339 e. The number of rotatable bonds is 7. The second-order valence-electron chi connectivity index (χ2n) is 7.54. The van der Waals surface area contributed by atoms with Gasteiger partial charge in [-0.25, -0.2) is 9.97 Å². The van der Waals surface area contributed by atoms with Crippen molar-refractivity contribution in [3.05, 3.63) is 94.5 Å². The lowest BCUT2D eigenvalue weighted by Gasteiger charge is -2.09. The minimum atomic E-state index is -0.546. The number of nitrogens with one attached hydrogen (secondary N) is 1. The van der Waals surface area contributed by atoms with Crippen LogP contribution < -0.4 is 5.32 Å². The molecule has 0 aromatic carbocycles. The smallest absolute Gasteiger partial charge is 0.274 e. The van der Waals surface area contributed by atoms with E-state index in [2.05, 4.69) is 40.2 Å². The molecule has 4 aromatic heterocycles. The van der Waals surface area contributed by atoms with Gasteiger partial charge in [-0.3, -0.25) is 15.1 Å². The fourth-order valence-electron chi connectivity index (χ4n) is 3.10. The molecular formula is C24H22FN5OS. The van der Waals surface area contributed by atoms with Gasteiger partial charge in [0.15, 0.2) is 5.13 Å². The Labute approximate surface area is 189 Å². The summed E-state index contributed by atoms with van der Waals surface area (Å²) in [6.07, 6.45) is 8.83. The van der Waals surface area contributed by atoms with Gasteiger partial charge in [-0.15, -0.1) is 11.3 Å². The van der Waals surface area contributed by atoms with Crippen molar-refractivity contribution >= 4 is 34.5 Å². The lowest BCUT2D eigenvalue weighted by atomic mass is 10.1. The summed E-state index contributed by atoms with van der Waals surface area (Å²) in [5.41, 5.74) is 3.96. The van der Waals surface area contributed by atoms with Crippen LogP contribution in [0.2, 0.25) is 0 Å². The number of hydrogen-bond donors (Lipinski definition) is 1. The van der Waals surface area contributed by atoms with E-state index in [0.717, 1.165) is 17.0 Å². The van der Waals surface area contributed by atoms with Crippen molar-refractivity contribution < 1.29 is 9.18 Å². The van der Waals surface area contributed by atoms with Crippen LogP contribution in [0, 0.1) is 5.95 Å². The molecule has 0 fully saturated rings. The van der Waals surface area contributed by atoms with Gasteiger partial charge in [-0.05, 0) is 59.5 Å². The quantitative estimate of drug-likeness (QED) is 0.382. The van der Waals surface area contributed by atoms with Crippen molar-refractivity contribution in [2.45, 2.75) is 26.3 Å². The van der Waals surface area contributed by atoms with Crippen molar-refractivity contribution in [2.75, 3.05) is 5.32 Å². The first kappa shape index (κ1) is 21.6. The first-order valence-electron chi connectivity index (χ1n) is 10.1. The summed E-state index contributed by atoms with van der Waals surface area (Å²) in [7, 11) is 0. The van der Waals surface area contributed by atoms with Gasteiger partial charge in [-0.1, -0.05) is 19.9 Å². The molecule has 0 spiro atoms. The van der Waals surface area contributed by atoms with Crippen LogP contribution in [0.5, 0.6) is 0 Å². The van der Waals surface area contributed by atoms with Gasteiger partial charge in [0.25, 0.3) is 5.91 Å². The second-order valence-corrected chi connectivity index (χ2v) is 8.40. The molecule has 0 aliphatic rings. The highest BCUT2D eigenvalue weighted by Gasteiger charge is 2.13. The zero-order chi connectivity index (χ0) is 22.5. The van der Waals surface area contributed by atoms with E-state index < -0.39 is 5.95 Å². The van der Waals surface area contributed by atoms with Gasteiger partial charge in [0.05, 0.1) is 11.4 Å². The van der Waals surface area contributed by atoms with Gasteiger partial charge >= 0.3 is 0 Å². The number of aromatic nitrogens is 4. The minimum absolute atomic E-state index is 0.277. The first-order valence-corrected chi connectivity index (χ1v) is 11.0. The van der Waals surface area contributed by atoms with Crippen molar-refractivity contribution in [3.8, 4) is 0 Å². The van der Waals surface area contributed by atoms with Crippen LogP contribution in [0.15, 0.2) is 60.4 Å². The molecule has 0 saturated heterocycles. The molecule has 0 radical (unpaired) electrons. The normalized spacial score (nSPS) is 11.4. The third kappa shape index (κ3) is 5.33. The predicted molar refractivity (Wildman–Crippen MR) is 125 cm³/mol. The lowest BCUT2D eigenvalue weighted by molar-refractivity contribution is 0.101. The highest BCUT2D eigenvalue weighted by atomic mass is 32.1. The number of nitrogens with zero attached hydrogens (tertiary/aromatic N) is 4. The topological polar surface area (TPSA) is 72.7 Å². The molecule has 0 saturated carbocycles. The molecule has 4 rings (SSSR count). The average molecular weight is 448 g/mol. The molecule has 0 atom stereocenters. The molecule has 1 amide bonds. The molecule has 32 heavy (non-hydrogen) atoms. The molecule has 0 bridgehead atoms. The van der Waals surface area contributed by atoms with Crippen LogP contribution >= 0.6 is 11.3 Å². The fourth-order valence-corrected chi connectivity index (χ4v) is 3.78. The molecular weight excluding hydrogens is 425 g/mol. The number of carbonyl (C=O) groups is 1. The molecule has 6 nitrogen and oxygen atoms in total. The lowest BCUT2D eigenvalue weighted by Crippen LogP contribution is -2.17. The first-order chi connectivity index (χ1) is 15.5. The maximum Gasteiger partial charge on any atom is 0.274 e. The Hall–Kier alpha value is -3.65. The average Bonchev–Trinajstić information content (AvgIpc) is 3.42. The third-order valence-corrected chi connectivity index (χ3v) is 5.63. The summed E-state index contributed by atoms with van der Waals surface area (Å²) in [6.45, 7) is 4.63. The van der Waals surface area contributed by atoms with Crippen LogP contribution in [0.1, 0.15) is 52.8 Å². The number of amides is 1. The number of hydrogen-bond acceptors (Lipinski definition) is 5. The highest BCUT2D eigenvalue weighted by molar-refractivity contribution is 7.14. The number of carbonyl (C=O) groups excluding carboxylic acids is 1. The molecule has 0 aliphatic heterocycles. The van der Waals surface area contributed by atoms with Gasteiger partial charge in [0.1, 0.15) is 5.69 Å². The third-order valence-electron chi connectivity index (χ3n) is 4.85. The van der Waals surface area contributed by atoms with E-state index in [1.54, 1.807) is 29.0 Å². The van der Waals surface area contributed by atoms with Crippen LogP contribution in [-0.2, 0) is 6.54 Å². The summed E-state index contributed by atoms with van der Waals surface area (Å²) in [5, 5.41) is 5.20. The highest BCUT2D eigenvalue weighted by Crippen LogP contribution is 2.19. The van der Waals surface area contributed by atoms with Crippen LogP contribution in [-0.4, -0.2) is 25.4 Å². The Balaban J connectivity index is 1.40. The van der Waals surface area contributed by atoms with Crippen molar-refractivity contribution in [3.63, 3.8) is 0 Å². The number of pyridine rings is 2. The van der Waals surface area contributed by atoms with Crippen LogP contribution in [0.25, 0.3) is 12.2 Å². The van der Waals surface area contributed by atoms with E-state index in [0.29, 0.717) is 23.3 Å². The Kier molecular flexibility index (Phi) is 6.51. The monoisotopic (exact) mass is 447 g/mol. The van der Waals surface area contributed by atoms with E-state index in [-0.39, 0.29) is 5.91 Å². The van der Waals surface area contributed by atoms with Crippen molar-refractivity contribution in [2.24, 2.45) is 0 Å². The molecule has 0 unspecified atom stereocenters. The van der Waals surface area contributed by atoms with E-state index in [4.69, 9.17) is 0 Å². The van der Waals surface area contributed by atoms with Gasteiger partial charge < -0.3 is 4.57 Å². The number of thiazole rings is 1. The Morgan fingerprint density at radius 1 is 1.19 bits per heavy atom. The van der Waals surface area contributed by atoms with E-state index >= 15 is 0 Å². The Morgan fingerprint density at radius 3 is 2.78 bits per heavy atom. The Bertz CT molecular complexity index is 1240.